The molecule has 0 unspecified atom stereocenters. The van der Waals surface area contributed by atoms with Crippen molar-refractivity contribution in [3.63, 3.8) is 0 Å². The van der Waals surface area contributed by atoms with Gasteiger partial charge in [0.25, 0.3) is 5.91 Å². The number of alkyl halides is 3. The van der Waals surface area contributed by atoms with Crippen LogP contribution in [0, 0.1) is 6.92 Å². The number of benzene rings is 1. The molecule has 2 aromatic rings. The van der Waals surface area contributed by atoms with E-state index in [1.54, 1.807) is 6.07 Å². The lowest BCUT2D eigenvalue weighted by Crippen LogP contribution is -2.56. The lowest BCUT2D eigenvalue weighted by molar-refractivity contribution is -0.144. The summed E-state index contributed by atoms with van der Waals surface area (Å²) in [5.41, 5.74) is 2.67. The maximum Gasteiger partial charge on any atom is 0.431 e. The minimum Gasteiger partial charge on any atom is -0.380 e. The van der Waals surface area contributed by atoms with Crippen LogP contribution < -0.4 is 0 Å². The summed E-state index contributed by atoms with van der Waals surface area (Å²) in [6, 6.07) is 8.70. The number of amides is 1. The van der Waals surface area contributed by atoms with Gasteiger partial charge in [-0.05, 0) is 62.2 Å². The molecule has 1 aromatic carbocycles. The molecule has 0 aliphatic carbocycles. The number of halogens is 3. The Bertz CT molecular complexity index is 1030. The Kier molecular flexibility index (Phi) is 5.13. The molecule has 4 heterocycles. The summed E-state index contributed by atoms with van der Waals surface area (Å²) in [5, 5.41) is 0. The van der Waals surface area contributed by atoms with E-state index in [4.69, 9.17) is 4.74 Å². The van der Waals surface area contributed by atoms with Crippen molar-refractivity contribution < 1.29 is 22.7 Å². The van der Waals surface area contributed by atoms with Gasteiger partial charge in [0.2, 0.25) is 0 Å². The van der Waals surface area contributed by atoms with Crippen LogP contribution in [-0.2, 0) is 23.0 Å². The lowest BCUT2D eigenvalue weighted by atomic mass is 9.81. The van der Waals surface area contributed by atoms with Crippen LogP contribution in [0.5, 0.6) is 0 Å². The van der Waals surface area contributed by atoms with Crippen molar-refractivity contribution in [3.8, 4) is 0 Å². The van der Waals surface area contributed by atoms with Crippen molar-refractivity contribution in [1.29, 1.82) is 0 Å². The molecule has 1 amide bonds. The van der Waals surface area contributed by atoms with Crippen LogP contribution >= 0.6 is 0 Å². The molecule has 2 saturated heterocycles. The normalized spacial score (nSPS) is 21.5. The van der Waals surface area contributed by atoms with Gasteiger partial charge in [0.15, 0.2) is 0 Å². The average Bonchev–Trinajstić information content (AvgIpc) is 3.17. The fraction of sp³-hybridized carbons (Fsp3) is 0.542. The van der Waals surface area contributed by atoms with Crippen molar-refractivity contribution in [2.24, 2.45) is 0 Å². The van der Waals surface area contributed by atoms with Crippen LogP contribution in [0.15, 0.2) is 30.3 Å². The van der Waals surface area contributed by atoms with Crippen LogP contribution in [0.4, 0.5) is 13.2 Å². The summed E-state index contributed by atoms with van der Waals surface area (Å²) >= 11 is 0. The number of rotatable bonds is 2. The summed E-state index contributed by atoms with van der Waals surface area (Å²) in [6.45, 7) is 5.42. The number of likely N-dealkylation sites (N-methyl/N-ethyl adjacent to an activating group) is 1. The van der Waals surface area contributed by atoms with Gasteiger partial charge in [0.1, 0.15) is 5.69 Å². The lowest BCUT2D eigenvalue weighted by Gasteiger charge is -2.50. The summed E-state index contributed by atoms with van der Waals surface area (Å²) in [4.78, 5) is 17.2. The molecule has 5 rings (SSSR count). The predicted octanol–water partition coefficient (Wildman–Crippen LogP) is 4.01. The van der Waals surface area contributed by atoms with Gasteiger partial charge in [0.05, 0.1) is 18.8 Å². The Morgan fingerprint density at radius 1 is 1.06 bits per heavy atom. The maximum atomic E-state index is 13.5. The number of likely N-dealkylation sites (tertiary alicyclic amines) is 1. The number of nitrogens with zero attached hydrogens (tertiary/aromatic N) is 3. The quantitative estimate of drug-likeness (QED) is 0.698. The second kappa shape index (κ2) is 7.63. The second-order valence-electron chi connectivity index (χ2n) is 9.30. The van der Waals surface area contributed by atoms with Crippen molar-refractivity contribution in [3.05, 3.63) is 58.4 Å². The average molecular weight is 448 g/mol. The minimum atomic E-state index is -4.36. The van der Waals surface area contributed by atoms with E-state index in [1.165, 1.54) is 16.2 Å². The fourth-order valence-electron chi connectivity index (χ4n) is 5.60. The molecule has 0 bridgehead atoms. The first-order valence-corrected chi connectivity index (χ1v) is 11.2. The molecule has 3 aliphatic heterocycles. The van der Waals surface area contributed by atoms with Crippen molar-refractivity contribution >= 4 is 5.91 Å². The van der Waals surface area contributed by atoms with Crippen LogP contribution in [0.2, 0.25) is 0 Å². The van der Waals surface area contributed by atoms with E-state index in [2.05, 4.69) is 4.90 Å². The molecule has 172 valence electrons. The third kappa shape index (κ3) is 3.35. The number of hydrogen-bond donors (Lipinski definition) is 0. The highest BCUT2D eigenvalue weighted by atomic mass is 19.4. The monoisotopic (exact) mass is 447 g/mol. The number of aryl methyl sites for hydroxylation is 1. The number of carbonyl (C=O) groups excluding carboxylic acids is 1. The molecule has 3 aliphatic rings. The number of carbonyl (C=O) groups is 1. The number of ether oxygens (including phenoxy) is 1. The Morgan fingerprint density at radius 3 is 2.38 bits per heavy atom. The molecule has 5 nitrogen and oxygen atoms in total. The van der Waals surface area contributed by atoms with Gasteiger partial charge in [-0.2, -0.15) is 13.2 Å². The van der Waals surface area contributed by atoms with E-state index >= 15 is 0 Å². The summed E-state index contributed by atoms with van der Waals surface area (Å²) in [5.74, 6) is 0.401. The zero-order chi connectivity index (χ0) is 22.7. The summed E-state index contributed by atoms with van der Waals surface area (Å²) < 4.78 is 47.1. The largest absolute Gasteiger partial charge is 0.431 e. The molecule has 0 radical (unpaired) electrons. The van der Waals surface area contributed by atoms with Crippen molar-refractivity contribution in [2.45, 2.75) is 43.9 Å². The number of piperidine rings is 1. The topological polar surface area (TPSA) is 37.7 Å². The SMILES string of the molecule is Cc1cc(C(=O)N2CCC3(CC2)c2ccc(C(F)(F)F)n2CCN3C)ccc1C1COC1. The predicted molar refractivity (Wildman–Crippen MR) is 114 cm³/mol. The van der Waals surface area contributed by atoms with Crippen LogP contribution in [0.25, 0.3) is 0 Å². The Labute approximate surface area is 185 Å². The zero-order valence-corrected chi connectivity index (χ0v) is 18.4. The third-order valence-corrected chi connectivity index (χ3v) is 7.61. The van der Waals surface area contributed by atoms with E-state index in [0.717, 1.165) is 18.8 Å². The molecule has 1 aromatic heterocycles. The van der Waals surface area contributed by atoms with Crippen molar-refractivity contribution in [1.82, 2.24) is 14.4 Å². The van der Waals surface area contributed by atoms with Gasteiger partial charge in [-0.3, -0.25) is 9.69 Å². The molecule has 1 spiro atoms. The minimum absolute atomic E-state index is 0.0100. The Hall–Kier alpha value is -2.32. The first kappa shape index (κ1) is 21.5. The molecular weight excluding hydrogens is 419 g/mol. The standard InChI is InChI=1S/C24H28F3N3O2/c1-16-13-17(3-4-19(16)18-14-32-15-18)22(31)29-9-7-23(8-10-29)20-5-6-21(24(25,26)27)30(20)12-11-28(23)2/h3-6,13,18H,7-12,14-15H2,1-2H3. The van der Waals surface area contributed by atoms with Crippen molar-refractivity contribution in [2.75, 3.05) is 39.9 Å². The first-order chi connectivity index (χ1) is 15.2. The van der Waals surface area contributed by atoms with E-state index in [1.807, 2.05) is 37.1 Å². The third-order valence-electron chi connectivity index (χ3n) is 7.61. The highest BCUT2D eigenvalue weighted by Gasteiger charge is 2.47. The van der Waals surface area contributed by atoms with Gasteiger partial charge < -0.3 is 14.2 Å². The smallest absolute Gasteiger partial charge is 0.380 e. The number of hydrogen-bond acceptors (Lipinski definition) is 3. The van der Waals surface area contributed by atoms with Crippen LogP contribution in [0.3, 0.4) is 0 Å². The van der Waals surface area contributed by atoms with E-state index in [-0.39, 0.29) is 5.91 Å². The van der Waals surface area contributed by atoms with E-state index in [9.17, 15) is 18.0 Å². The van der Waals surface area contributed by atoms with Crippen LogP contribution in [-0.4, -0.2) is 60.2 Å². The molecule has 32 heavy (non-hydrogen) atoms. The Balaban J connectivity index is 1.34. The van der Waals surface area contributed by atoms with Gasteiger partial charge in [-0.1, -0.05) is 6.07 Å². The molecule has 0 N–H and O–H groups in total. The highest BCUT2D eigenvalue weighted by Crippen LogP contribution is 2.44. The number of fused-ring (bicyclic) bond motifs is 2. The zero-order valence-electron chi connectivity index (χ0n) is 18.4. The van der Waals surface area contributed by atoms with Gasteiger partial charge in [-0.25, -0.2) is 0 Å². The van der Waals surface area contributed by atoms with E-state index < -0.39 is 17.4 Å². The van der Waals surface area contributed by atoms with E-state index in [0.29, 0.717) is 56.2 Å². The summed E-state index contributed by atoms with van der Waals surface area (Å²) in [7, 11) is 1.98. The second-order valence-corrected chi connectivity index (χ2v) is 9.30. The molecule has 2 fully saturated rings. The Morgan fingerprint density at radius 2 is 1.78 bits per heavy atom. The van der Waals surface area contributed by atoms with Gasteiger partial charge in [0, 0.05) is 43.4 Å². The maximum absolute atomic E-state index is 13.5. The molecular formula is C24H28F3N3O2. The first-order valence-electron chi connectivity index (χ1n) is 11.2. The molecule has 8 heteroatoms. The summed E-state index contributed by atoms with van der Waals surface area (Å²) in [6.07, 6.45) is -3.12. The number of aromatic nitrogens is 1. The van der Waals surface area contributed by atoms with Gasteiger partial charge >= 0.3 is 6.18 Å². The van der Waals surface area contributed by atoms with Gasteiger partial charge in [-0.15, -0.1) is 0 Å². The molecule has 0 saturated carbocycles. The molecule has 0 atom stereocenters. The van der Waals surface area contributed by atoms with Crippen LogP contribution in [0.1, 0.15) is 51.6 Å². The highest BCUT2D eigenvalue weighted by molar-refractivity contribution is 5.94. The fourth-order valence-corrected chi connectivity index (χ4v) is 5.60.